The van der Waals surface area contributed by atoms with Gasteiger partial charge in [0.05, 0.1) is 6.04 Å². The molecule has 0 spiro atoms. The van der Waals surface area contributed by atoms with Crippen LogP contribution in [0.4, 0.5) is 0 Å². The van der Waals surface area contributed by atoms with Gasteiger partial charge in [-0.3, -0.25) is 0 Å². The van der Waals surface area contributed by atoms with Crippen molar-refractivity contribution < 1.29 is 0 Å². The number of benzene rings is 1. The van der Waals surface area contributed by atoms with Gasteiger partial charge in [0.1, 0.15) is 0 Å². The van der Waals surface area contributed by atoms with Crippen LogP contribution in [0.5, 0.6) is 0 Å². The van der Waals surface area contributed by atoms with E-state index in [0.29, 0.717) is 6.04 Å². The molecule has 1 atom stereocenters. The Balaban J connectivity index is 2.24. The van der Waals surface area contributed by atoms with Gasteiger partial charge in [-0.2, -0.15) is 0 Å². The first kappa shape index (κ1) is 16.0. The summed E-state index contributed by atoms with van der Waals surface area (Å²) in [6.45, 7) is 3.33. The van der Waals surface area contributed by atoms with Crippen LogP contribution >= 0.6 is 22.6 Å². The van der Waals surface area contributed by atoms with Crippen molar-refractivity contribution in [3.05, 3.63) is 45.0 Å². The van der Waals surface area contributed by atoms with Crippen molar-refractivity contribution in [2.45, 2.75) is 57.9 Å². The maximum Gasteiger partial charge on any atom is 0.0546 e. The summed E-state index contributed by atoms with van der Waals surface area (Å²) in [5.74, 6) is 0. The fourth-order valence-electron chi connectivity index (χ4n) is 2.92. The maximum absolute atomic E-state index is 3.77. The van der Waals surface area contributed by atoms with Crippen molar-refractivity contribution in [3.8, 4) is 0 Å². The Hall–Kier alpha value is -0.350. The van der Waals surface area contributed by atoms with Gasteiger partial charge in [0.25, 0.3) is 0 Å². The Morgan fingerprint density at radius 1 is 1.15 bits per heavy atom. The van der Waals surface area contributed by atoms with Crippen LogP contribution in [0.25, 0.3) is 0 Å². The zero-order valence-electron chi connectivity index (χ0n) is 12.5. The fourth-order valence-corrected chi connectivity index (χ4v) is 3.62. The van der Waals surface area contributed by atoms with E-state index >= 15 is 0 Å². The topological polar surface area (TPSA) is 12.0 Å². The van der Waals surface area contributed by atoms with Crippen LogP contribution in [0, 0.1) is 3.57 Å². The van der Waals surface area contributed by atoms with Crippen LogP contribution in [0.15, 0.2) is 35.9 Å². The number of allylic oxidation sites excluding steroid dienone is 1. The van der Waals surface area contributed by atoms with Crippen molar-refractivity contribution >= 4 is 22.6 Å². The molecule has 1 aliphatic rings. The van der Waals surface area contributed by atoms with E-state index in [1.807, 2.05) is 0 Å². The van der Waals surface area contributed by atoms with Crippen molar-refractivity contribution in [2.24, 2.45) is 0 Å². The average molecular weight is 383 g/mol. The molecular formula is C18H26IN. The maximum atomic E-state index is 3.77. The van der Waals surface area contributed by atoms with Crippen molar-refractivity contribution in [2.75, 3.05) is 6.54 Å². The molecule has 0 aromatic heterocycles. The summed E-state index contributed by atoms with van der Waals surface area (Å²) in [6, 6.07) is 9.23. The van der Waals surface area contributed by atoms with Crippen LogP contribution in [0.1, 0.15) is 63.5 Å². The van der Waals surface area contributed by atoms with Crippen molar-refractivity contribution in [1.29, 1.82) is 0 Å². The van der Waals surface area contributed by atoms with Gasteiger partial charge in [0, 0.05) is 3.57 Å². The first-order valence-electron chi connectivity index (χ1n) is 7.99. The molecule has 0 saturated carbocycles. The predicted molar refractivity (Wildman–Crippen MR) is 96.0 cm³/mol. The van der Waals surface area contributed by atoms with Crippen LogP contribution in [-0.2, 0) is 0 Å². The SMILES string of the molecule is CCCNC(/C1=C/CCCCCC1)c1ccccc1I. The summed E-state index contributed by atoms with van der Waals surface area (Å²) >= 11 is 2.47. The molecule has 0 radical (unpaired) electrons. The van der Waals surface area contributed by atoms with Gasteiger partial charge in [-0.05, 0) is 72.9 Å². The Morgan fingerprint density at radius 2 is 1.95 bits per heavy atom. The molecule has 0 heterocycles. The number of rotatable bonds is 5. The molecule has 0 bridgehead atoms. The van der Waals surface area contributed by atoms with Gasteiger partial charge in [0.15, 0.2) is 0 Å². The number of hydrogen-bond donors (Lipinski definition) is 1. The molecule has 1 N–H and O–H groups in total. The first-order valence-corrected chi connectivity index (χ1v) is 9.07. The zero-order chi connectivity index (χ0) is 14.2. The van der Waals surface area contributed by atoms with Crippen LogP contribution < -0.4 is 5.32 Å². The Kier molecular flexibility index (Phi) is 7.08. The van der Waals surface area contributed by atoms with Gasteiger partial charge in [0.2, 0.25) is 0 Å². The predicted octanol–water partition coefficient (Wildman–Crippen LogP) is 5.61. The normalized spacial score (nSPS) is 20.6. The molecule has 1 aromatic carbocycles. The Bertz CT molecular complexity index is 439. The third-order valence-electron chi connectivity index (χ3n) is 4.01. The highest BCUT2D eigenvalue weighted by Crippen LogP contribution is 2.31. The summed E-state index contributed by atoms with van der Waals surface area (Å²) in [5, 5.41) is 3.77. The largest absolute Gasteiger partial charge is 0.307 e. The number of nitrogens with one attached hydrogen (secondary N) is 1. The molecule has 110 valence electrons. The molecule has 1 unspecified atom stereocenters. The quantitative estimate of drug-likeness (QED) is 0.515. The molecule has 2 rings (SSSR count). The molecule has 1 aliphatic carbocycles. The second-order valence-corrected chi connectivity index (χ2v) is 6.80. The minimum atomic E-state index is 0.418. The molecule has 1 nitrogen and oxygen atoms in total. The summed E-state index contributed by atoms with van der Waals surface area (Å²) in [7, 11) is 0. The molecular weight excluding hydrogens is 357 g/mol. The highest BCUT2D eigenvalue weighted by Gasteiger charge is 2.18. The van der Waals surface area contributed by atoms with E-state index in [1.165, 1.54) is 54.1 Å². The third-order valence-corrected chi connectivity index (χ3v) is 4.99. The second kappa shape index (κ2) is 8.83. The Labute approximate surface area is 137 Å². The lowest BCUT2D eigenvalue weighted by Crippen LogP contribution is -2.25. The standard InChI is InChI=1S/C18H26IN/c1-2-14-20-18(16-12-8-9-13-17(16)19)15-10-6-4-3-5-7-11-15/h8-10,12-13,18,20H,2-7,11,14H2,1H3/b15-10+. The summed E-state index contributed by atoms with van der Waals surface area (Å²) in [4.78, 5) is 0. The monoisotopic (exact) mass is 383 g/mol. The molecule has 0 saturated heterocycles. The smallest absolute Gasteiger partial charge is 0.0546 e. The highest BCUT2D eigenvalue weighted by atomic mass is 127. The Morgan fingerprint density at radius 3 is 2.75 bits per heavy atom. The van der Waals surface area contributed by atoms with Crippen LogP contribution in [0.3, 0.4) is 0 Å². The lowest BCUT2D eigenvalue weighted by atomic mass is 9.91. The van der Waals surface area contributed by atoms with E-state index in [1.54, 1.807) is 5.57 Å². The molecule has 0 fully saturated rings. The molecule has 0 aliphatic heterocycles. The van der Waals surface area contributed by atoms with Crippen LogP contribution in [-0.4, -0.2) is 6.54 Å². The van der Waals surface area contributed by atoms with Crippen molar-refractivity contribution in [3.63, 3.8) is 0 Å². The van der Waals surface area contributed by atoms with E-state index < -0.39 is 0 Å². The number of hydrogen-bond acceptors (Lipinski definition) is 1. The molecule has 0 amide bonds. The van der Waals surface area contributed by atoms with Crippen molar-refractivity contribution in [1.82, 2.24) is 5.32 Å². The third kappa shape index (κ3) is 4.59. The van der Waals surface area contributed by atoms with E-state index in [0.717, 1.165) is 6.54 Å². The lowest BCUT2D eigenvalue weighted by Gasteiger charge is -2.25. The van der Waals surface area contributed by atoms with Gasteiger partial charge in [-0.25, -0.2) is 0 Å². The number of halogens is 1. The average Bonchev–Trinajstić information content (AvgIpc) is 2.42. The summed E-state index contributed by atoms with van der Waals surface area (Å²) in [6.07, 6.45) is 11.7. The lowest BCUT2D eigenvalue weighted by molar-refractivity contribution is 0.539. The van der Waals surface area contributed by atoms with Gasteiger partial charge in [-0.1, -0.05) is 49.6 Å². The summed E-state index contributed by atoms with van der Waals surface area (Å²) < 4.78 is 1.38. The van der Waals surface area contributed by atoms with E-state index in [4.69, 9.17) is 0 Å². The molecule has 1 aromatic rings. The van der Waals surface area contributed by atoms with E-state index in [2.05, 4.69) is 65.2 Å². The van der Waals surface area contributed by atoms with Crippen LogP contribution in [0.2, 0.25) is 0 Å². The minimum absolute atomic E-state index is 0.418. The summed E-state index contributed by atoms with van der Waals surface area (Å²) in [5.41, 5.74) is 3.07. The van der Waals surface area contributed by atoms with E-state index in [-0.39, 0.29) is 0 Å². The minimum Gasteiger partial charge on any atom is -0.307 e. The van der Waals surface area contributed by atoms with Gasteiger partial charge < -0.3 is 5.32 Å². The van der Waals surface area contributed by atoms with Gasteiger partial charge >= 0.3 is 0 Å². The molecule has 2 heteroatoms. The molecule has 20 heavy (non-hydrogen) atoms. The highest BCUT2D eigenvalue weighted by molar-refractivity contribution is 14.1. The first-order chi connectivity index (χ1) is 9.83. The fraction of sp³-hybridized carbons (Fsp3) is 0.556. The second-order valence-electron chi connectivity index (χ2n) is 5.64. The zero-order valence-corrected chi connectivity index (χ0v) is 14.7. The van der Waals surface area contributed by atoms with Gasteiger partial charge in [-0.15, -0.1) is 0 Å². The van der Waals surface area contributed by atoms with E-state index in [9.17, 15) is 0 Å².